The topological polar surface area (TPSA) is 53.4 Å². The first-order chi connectivity index (χ1) is 13.7. The molecule has 0 unspecified atom stereocenters. The number of nitrogens with zero attached hydrogens (tertiary/aromatic N) is 4. The fraction of sp³-hybridized carbons (Fsp3) is 0.364. The molecular formula is C22H27N5O. The fourth-order valence-electron chi connectivity index (χ4n) is 3.73. The van der Waals surface area contributed by atoms with Gasteiger partial charge in [-0.05, 0) is 49.6 Å². The molecule has 1 aliphatic heterocycles. The molecule has 2 amide bonds. The maximum absolute atomic E-state index is 12.6. The third kappa shape index (κ3) is 4.11. The number of hydrogen-bond acceptors (Lipinski definition) is 3. The normalized spacial score (nSPS) is 18.0. The number of anilines is 1. The molecule has 2 heterocycles. The predicted molar refractivity (Wildman–Crippen MR) is 112 cm³/mol. The quantitative estimate of drug-likeness (QED) is 0.889. The standard InChI is InChI=1S/C22H27N5O/c1-18(19-5-3-2-4-6-19)24-22(28)26-15-13-25(14-16-26)20-7-9-21(10-8-20)27-12-11-23-17-27/h3,5-12,17-18H,2,4,13-16H2,1H3,(H,24,28)/t18-/m1/s1. The summed E-state index contributed by atoms with van der Waals surface area (Å²) in [6.45, 7) is 5.20. The number of piperazine rings is 1. The van der Waals surface area contributed by atoms with Gasteiger partial charge in [0.1, 0.15) is 0 Å². The molecule has 1 fully saturated rings. The minimum absolute atomic E-state index is 0.0301. The zero-order chi connectivity index (χ0) is 19.3. The lowest BCUT2D eigenvalue weighted by Crippen LogP contribution is -2.53. The Labute approximate surface area is 166 Å². The lowest BCUT2D eigenvalue weighted by atomic mass is 10.0. The molecular weight excluding hydrogens is 350 g/mol. The molecule has 1 saturated heterocycles. The molecule has 1 aliphatic carbocycles. The van der Waals surface area contributed by atoms with E-state index in [1.54, 1.807) is 12.5 Å². The maximum Gasteiger partial charge on any atom is 0.317 e. The second-order valence-corrected chi connectivity index (χ2v) is 7.32. The smallest absolute Gasteiger partial charge is 0.317 e. The number of imidazole rings is 1. The largest absolute Gasteiger partial charge is 0.368 e. The number of carbonyl (C=O) groups is 1. The monoisotopic (exact) mass is 377 g/mol. The predicted octanol–water partition coefficient (Wildman–Crippen LogP) is 3.37. The van der Waals surface area contributed by atoms with E-state index in [1.807, 2.05) is 15.7 Å². The van der Waals surface area contributed by atoms with Crippen molar-refractivity contribution in [1.82, 2.24) is 19.8 Å². The van der Waals surface area contributed by atoms with Gasteiger partial charge in [-0.2, -0.15) is 0 Å². The zero-order valence-electron chi connectivity index (χ0n) is 16.3. The summed E-state index contributed by atoms with van der Waals surface area (Å²) in [4.78, 5) is 20.9. The van der Waals surface area contributed by atoms with E-state index in [9.17, 15) is 4.79 Å². The molecule has 0 bridgehead atoms. The van der Waals surface area contributed by atoms with Gasteiger partial charge in [0.25, 0.3) is 0 Å². The Hall–Kier alpha value is -3.02. The van der Waals surface area contributed by atoms with E-state index >= 15 is 0 Å². The number of urea groups is 1. The molecule has 0 radical (unpaired) electrons. The average Bonchev–Trinajstić information content (AvgIpc) is 3.29. The number of hydrogen-bond donors (Lipinski definition) is 1. The first kappa shape index (κ1) is 18.3. The van der Waals surface area contributed by atoms with Gasteiger partial charge in [0.05, 0.1) is 12.4 Å². The van der Waals surface area contributed by atoms with Gasteiger partial charge in [-0.15, -0.1) is 0 Å². The van der Waals surface area contributed by atoms with Crippen molar-refractivity contribution < 1.29 is 4.79 Å². The van der Waals surface area contributed by atoms with Gasteiger partial charge in [0, 0.05) is 49.9 Å². The van der Waals surface area contributed by atoms with E-state index in [-0.39, 0.29) is 12.1 Å². The molecule has 1 aromatic heterocycles. The van der Waals surface area contributed by atoms with Crippen LogP contribution in [0.1, 0.15) is 19.8 Å². The van der Waals surface area contributed by atoms with Crippen molar-refractivity contribution in [2.45, 2.75) is 25.8 Å². The summed E-state index contributed by atoms with van der Waals surface area (Å²) in [5.74, 6) is 0. The molecule has 0 saturated carbocycles. The van der Waals surface area contributed by atoms with Crippen molar-refractivity contribution >= 4 is 11.7 Å². The van der Waals surface area contributed by atoms with Crippen molar-refractivity contribution in [2.24, 2.45) is 0 Å². The van der Waals surface area contributed by atoms with Gasteiger partial charge in [-0.1, -0.05) is 18.2 Å². The Bertz CT molecular complexity index is 846. The van der Waals surface area contributed by atoms with Crippen molar-refractivity contribution in [1.29, 1.82) is 0 Å². The molecule has 28 heavy (non-hydrogen) atoms. The summed E-state index contributed by atoms with van der Waals surface area (Å²) in [7, 11) is 0. The second-order valence-electron chi connectivity index (χ2n) is 7.32. The Balaban J connectivity index is 1.30. The maximum atomic E-state index is 12.6. The van der Waals surface area contributed by atoms with Crippen molar-refractivity contribution in [3.63, 3.8) is 0 Å². The van der Waals surface area contributed by atoms with Crippen LogP contribution >= 0.6 is 0 Å². The lowest BCUT2D eigenvalue weighted by molar-refractivity contribution is 0.192. The van der Waals surface area contributed by atoms with E-state index in [2.05, 4.69) is 64.6 Å². The highest BCUT2D eigenvalue weighted by Gasteiger charge is 2.23. The van der Waals surface area contributed by atoms with Crippen LogP contribution in [0.4, 0.5) is 10.5 Å². The van der Waals surface area contributed by atoms with Crippen molar-refractivity contribution in [3.05, 3.63) is 66.8 Å². The highest BCUT2D eigenvalue weighted by atomic mass is 16.2. The van der Waals surface area contributed by atoms with E-state index in [4.69, 9.17) is 0 Å². The minimum Gasteiger partial charge on any atom is -0.368 e. The van der Waals surface area contributed by atoms with Crippen LogP contribution in [-0.2, 0) is 0 Å². The molecule has 0 spiro atoms. The van der Waals surface area contributed by atoms with E-state index in [1.165, 1.54) is 11.3 Å². The SMILES string of the molecule is C[C@@H](NC(=O)N1CCN(c2ccc(-n3ccnc3)cc2)CC1)C1=CCCC=C1. The van der Waals surface area contributed by atoms with Crippen LogP contribution in [0.2, 0.25) is 0 Å². The van der Waals surface area contributed by atoms with Gasteiger partial charge in [-0.3, -0.25) is 0 Å². The minimum atomic E-state index is 0.0301. The summed E-state index contributed by atoms with van der Waals surface area (Å²) in [5.41, 5.74) is 3.49. The molecule has 1 aromatic carbocycles. The van der Waals surface area contributed by atoms with E-state index in [0.29, 0.717) is 0 Å². The van der Waals surface area contributed by atoms with Crippen molar-refractivity contribution in [3.8, 4) is 5.69 Å². The molecule has 1 atom stereocenters. The number of allylic oxidation sites excluding steroid dienone is 2. The number of rotatable bonds is 4. The number of amides is 2. The third-order valence-electron chi connectivity index (χ3n) is 5.45. The Morgan fingerprint density at radius 2 is 1.82 bits per heavy atom. The summed E-state index contributed by atoms with van der Waals surface area (Å²) in [5, 5.41) is 3.14. The van der Waals surface area contributed by atoms with Crippen molar-refractivity contribution in [2.75, 3.05) is 31.1 Å². The zero-order valence-corrected chi connectivity index (χ0v) is 16.3. The van der Waals surface area contributed by atoms with Crippen LogP contribution in [0.25, 0.3) is 5.69 Å². The summed E-state index contributed by atoms with van der Waals surface area (Å²) < 4.78 is 1.99. The summed E-state index contributed by atoms with van der Waals surface area (Å²) in [6.07, 6.45) is 14.2. The highest BCUT2D eigenvalue weighted by Crippen LogP contribution is 2.19. The van der Waals surface area contributed by atoms with Crippen LogP contribution in [0.5, 0.6) is 0 Å². The van der Waals surface area contributed by atoms with E-state index < -0.39 is 0 Å². The van der Waals surface area contributed by atoms with Gasteiger partial charge in [0.15, 0.2) is 0 Å². The first-order valence-corrected chi connectivity index (χ1v) is 9.96. The van der Waals surface area contributed by atoms with Crippen LogP contribution in [-0.4, -0.2) is 52.7 Å². The number of benzene rings is 1. The van der Waals surface area contributed by atoms with Crippen LogP contribution < -0.4 is 10.2 Å². The molecule has 6 heteroatoms. The molecule has 146 valence electrons. The number of carbonyl (C=O) groups excluding carboxylic acids is 1. The fourth-order valence-corrected chi connectivity index (χ4v) is 3.73. The van der Waals surface area contributed by atoms with Gasteiger partial charge >= 0.3 is 6.03 Å². The molecule has 2 aromatic rings. The van der Waals surface area contributed by atoms with Gasteiger partial charge < -0.3 is 19.7 Å². The van der Waals surface area contributed by atoms with Crippen LogP contribution in [0.15, 0.2) is 66.8 Å². The van der Waals surface area contributed by atoms with Crippen LogP contribution in [0, 0.1) is 0 Å². The Kier molecular flexibility index (Phi) is 5.46. The molecule has 1 N–H and O–H groups in total. The third-order valence-corrected chi connectivity index (χ3v) is 5.45. The Morgan fingerprint density at radius 1 is 1.07 bits per heavy atom. The molecule has 6 nitrogen and oxygen atoms in total. The summed E-state index contributed by atoms with van der Waals surface area (Å²) >= 11 is 0. The lowest BCUT2D eigenvalue weighted by Gasteiger charge is -2.36. The van der Waals surface area contributed by atoms with Gasteiger partial charge in [0.2, 0.25) is 0 Å². The second kappa shape index (κ2) is 8.33. The van der Waals surface area contributed by atoms with E-state index in [0.717, 1.165) is 44.7 Å². The number of aromatic nitrogens is 2. The van der Waals surface area contributed by atoms with Gasteiger partial charge in [-0.25, -0.2) is 9.78 Å². The van der Waals surface area contributed by atoms with Crippen LogP contribution in [0.3, 0.4) is 0 Å². The Morgan fingerprint density at radius 3 is 2.46 bits per heavy atom. The highest BCUT2D eigenvalue weighted by molar-refractivity contribution is 5.75. The number of nitrogens with one attached hydrogen (secondary N) is 1. The summed E-state index contributed by atoms with van der Waals surface area (Å²) in [6, 6.07) is 8.55. The molecule has 4 rings (SSSR count). The first-order valence-electron chi connectivity index (χ1n) is 9.96. The molecule has 2 aliphatic rings. The average molecular weight is 377 g/mol.